The van der Waals surface area contributed by atoms with Crippen molar-refractivity contribution in [3.8, 4) is 5.75 Å². The second kappa shape index (κ2) is 18.2. The summed E-state index contributed by atoms with van der Waals surface area (Å²) in [5, 5.41) is 3.68. The van der Waals surface area contributed by atoms with Crippen LogP contribution in [0.2, 0.25) is 0 Å². The normalized spacial score (nSPS) is 14.5. The van der Waals surface area contributed by atoms with Gasteiger partial charge in [0, 0.05) is 50.5 Å². The van der Waals surface area contributed by atoms with Gasteiger partial charge in [-0.05, 0) is 93.5 Å². The molecule has 2 amide bonds. The number of carbonyl (C=O) groups excluding carboxylic acids is 2. The fourth-order valence-electron chi connectivity index (χ4n) is 5.14. The summed E-state index contributed by atoms with van der Waals surface area (Å²) in [6.45, 7) is 9.57. The number of ether oxygens (including phenoxy) is 1. The first kappa shape index (κ1) is 39.1. The van der Waals surface area contributed by atoms with E-state index in [-0.39, 0.29) is 55.1 Å². The topological polar surface area (TPSA) is 87.7 Å². The molecule has 0 aliphatic carbocycles. The van der Waals surface area contributed by atoms with Gasteiger partial charge in [0.05, 0.1) is 18.0 Å². The third-order valence-corrected chi connectivity index (χ3v) is 7.68. The van der Waals surface area contributed by atoms with Crippen LogP contribution in [0.5, 0.6) is 5.75 Å². The fraction of sp³-hybridized carbons (Fsp3) is 0.455. The molecule has 4 rings (SSSR count). The van der Waals surface area contributed by atoms with Crippen molar-refractivity contribution in [3.63, 3.8) is 0 Å². The minimum atomic E-state index is -1.14. The number of rotatable bonds is 13. The molecule has 1 aliphatic heterocycles. The standard InChI is InChI=1S/C33H43N5O3.3ClH/c1-24(2)15-20-38-29-12-10-27(22-30(29)37(5)31(39)33(3,4)32(38)40)41-21-7-17-36-28(26-13-18-34-19-14-26)11-9-25-8-6-16-35-23-25;;;/h6,8,10,12-14,16,18-19,22-24,28,36H,7,9,11,15,17,20-21H2,1-5H3;3*1H. The molecule has 11 heteroatoms. The van der Waals surface area contributed by atoms with Gasteiger partial charge in [-0.2, -0.15) is 0 Å². The molecule has 0 saturated carbocycles. The summed E-state index contributed by atoms with van der Waals surface area (Å²) < 4.78 is 6.13. The fourth-order valence-corrected chi connectivity index (χ4v) is 5.14. The number of hydrogen-bond acceptors (Lipinski definition) is 6. The van der Waals surface area contributed by atoms with Gasteiger partial charge in [0.2, 0.25) is 11.8 Å². The zero-order valence-electron chi connectivity index (χ0n) is 26.2. The number of anilines is 2. The molecule has 8 nitrogen and oxygen atoms in total. The Balaban J connectivity index is 0.00000323. The lowest BCUT2D eigenvalue weighted by Gasteiger charge is -2.28. The van der Waals surface area contributed by atoms with Crippen molar-refractivity contribution in [3.05, 3.63) is 78.4 Å². The molecule has 2 aromatic heterocycles. The number of hydrogen-bond donors (Lipinski definition) is 1. The maximum atomic E-state index is 13.4. The van der Waals surface area contributed by atoms with Gasteiger partial charge < -0.3 is 19.9 Å². The van der Waals surface area contributed by atoms with Gasteiger partial charge in [0.15, 0.2) is 0 Å². The lowest BCUT2D eigenvalue weighted by molar-refractivity contribution is -0.137. The van der Waals surface area contributed by atoms with E-state index in [1.165, 1.54) is 11.1 Å². The molecule has 1 unspecified atom stereocenters. The van der Waals surface area contributed by atoms with E-state index in [9.17, 15) is 9.59 Å². The van der Waals surface area contributed by atoms with Gasteiger partial charge in [0.25, 0.3) is 0 Å². The number of nitrogens with one attached hydrogen (secondary N) is 1. The first-order valence-electron chi connectivity index (χ1n) is 14.6. The lowest BCUT2D eigenvalue weighted by Crippen LogP contribution is -2.47. The Morgan fingerprint density at radius 1 is 0.909 bits per heavy atom. The largest absolute Gasteiger partial charge is 0.493 e. The molecular weight excluding hydrogens is 621 g/mol. The van der Waals surface area contributed by atoms with E-state index in [1.807, 2.05) is 42.9 Å². The van der Waals surface area contributed by atoms with Crippen molar-refractivity contribution < 1.29 is 14.3 Å². The van der Waals surface area contributed by atoms with E-state index in [1.54, 1.807) is 36.9 Å². The Kier molecular flexibility index (Phi) is 16.1. The second-order valence-electron chi connectivity index (χ2n) is 11.7. The summed E-state index contributed by atoms with van der Waals surface area (Å²) >= 11 is 0. The molecule has 1 aliphatic rings. The zero-order chi connectivity index (χ0) is 29.4. The Morgan fingerprint density at radius 3 is 2.30 bits per heavy atom. The van der Waals surface area contributed by atoms with E-state index in [0.29, 0.717) is 30.5 Å². The first-order valence-corrected chi connectivity index (χ1v) is 14.6. The van der Waals surface area contributed by atoms with Crippen LogP contribution in [0.3, 0.4) is 0 Å². The van der Waals surface area contributed by atoms with Crippen molar-refractivity contribution in [1.82, 2.24) is 15.3 Å². The van der Waals surface area contributed by atoms with Crippen molar-refractivity contribution in [2.45, 2.75) is 59.4 Å². The minimum Gasteiger partial charge on any atom is -0.493 e. The van der Waals surface area contributed by atoms with E-state index < -0.39 is 5.41 Å². The molecule has 44 heavy (non-hydrogen) atoms. The van der Waals surface area contributed by atoms with Crippen molar-refractivity contribution in [2.75, 3.05) is 36.5 Å². The first-order chi connectivity index (χ1) is 19.7. The van der Waals surface area contributed by atoms with Gasteiger partial charge in [-0.1, -0.05) is 19.9 Å². The predicted molar refractivity (Wildman–Crippen MR) is 185 cm³/mol. The molecule has 1 aromatic carbocycles. The molecule has 242 valence electrons. The average Bonchev–Trinajstić information content (AvgIpc) is 3.03. The van der Waals surface area contributed by atoms with Gasteiger partial charge >= 0.3 is 0 Å². The van der Waals surface area contributed by atoms with E-state index >= 15 is 0 Å². The molecule has 1 N–H and O–H groups in total. The molecule has 0 radical (unpaired) electrons. The molecule has 0 spiro atoms. The number of aromatic nitrogens is 2. The van der Waals surface area contributed by atoms with Crippen LogP contribution in [0.15, 0.2) is 67.3 Å². The Labute approximate surface area is 280 Å². The summed E-state index contributed by atoms with van der Waals surface area (Å²) in [6, 6.07) is 14.1. The highest BCUT2D eigenvalue weighted by atomic mass is 35.5. The van der Waals surface area contributed by atoms with Crippen LogP contribution in [0, 0.1) is 11.3 Å². The highest BCUT2D eigenvalue weighted by Crippen LogP contribution is 2.40. The number of amides is 2. The van der Waals surface area contributed by atoms with E-state index in [4.69, 9.17) is 4.74 Å². The Hall–Kier alpha value is -2.91. The number of aryl methyl sites for hydroxylation is 1. The molecule has 3 aromatic rings. The Bertz CT molecular complexity index is 1310. The number of benzene rings is 1. The zero-order valence-corrected chi connectivity index (χ0v) is 28.6. The number of halogens is 3. The molecular formula is C33H46Cl3N5O3. The maximum Gasteiger partial charge on any atom is 0.242 e. The van der Waals surface area contributed by atoms with Crippen LogP contribution in [0.4, 0.5) is 11.4 Å². The number of pyridine rings is 2. The van der Waals surface area contributed by atoms with Crippen molar-refractivity contribution in [1.29, 1.82) is 0 Å². The average molecular weight is 667 g/mol. The van der Waals surface area contributed by atoms with Crippen molar-refractivity contribution in [2.24, 2.45) is 11.3 Å². The smallest absolute Gasteiger partial charge is 0.242 e. The van der Waals surface area contributed by atoms with E-state index in [0.717, 1.165) is 37.9 Å². The summed E-state index contributed by atoms with van der Waals surface area (Å²) in [5.41, 5.74) is 2.74. The monoisotopic (exact) mass is 665 g/mol. The third-order valence-electron chi connectivity index (χ3n) is 7.68. The van der Waals surface area contributed by atoms with Crippen LogP contribution in [-0.2, 0) is 16.0 Å². The minimum absolute atomic E-state index is 0. The maximum absolute atomic E-state index is 13.4. The van der Waals surface area contributed by atoms with Gasteiger partial charge in [-0.3, -0.25) is 19.6 Å². The highest BCUT2D eigenvalue weighted by Gasteiger charge is 2.45. The predicted octanol–water partition coefficient (Wildman–Crippen LogP) is 6.86. The molecule has 1 atom stereocenters. The summed E-state index contributed by atoms with van der Waals surface area (Å²) in [4.78, 5) is 38.5. The van der Waals surface area contributed by atoms with Gasteiger partial charge in [-0.15, -0.1) is 37.2 Å². The van der Waals surface area contributed by atoms with Crippen LogP contribution >= 0.6 is 37.2 Å². The number of fused-ring (bicyclic) bond motifs is 1. The molecule has 0 fully saturated rings. The van der Waals surface area contributed by atoms with Crippen LogP contribution in [-0.4, -0.2) is 48.5 Å². The van der Waals surface area contributed by atoms with Crippen LogP contribution < -0.4 is 19.9 Å². The third kappa shape index (κ3) is 9.80. The quantitative estimate of drug-likeness (QED) is 0.159. The molecule has 3 heterocycles. The summed E-state index contributed by atoms with van der Waals surface area (Å²) in [5.74, 6) is 0.740. The van der Waals surface area contributed by atoms with Gasteiger partial charge in [0.1, 0.15) is 11.2 Å². The van der Waals surface area contributed by atoms with E-state index in [2.05, 4.69) is 47.3 Å². The van der Waals surface area contributed by atoms with Crippen molar-refractivity contribution >= 4 is 60.4 Å². The van der Waals surface area contributed by atoms with Crippen LogP contribution in [0.25, 0.3) is 0 Å². The highest BCUT2D eigenvalue weighted by molar-refractivity contribution is 6.20. The number of nitrogens with zero attached hydrogens (tertiary/aromatic N) is 4. The molecule has 0 saturated heterocycles. The summed E-state index contributed by atoms with van der Waals surface area (Å²) in [7, 11) is 1.74. The lowest BCUT2D eigenvalue weighted by atomic mass is 9.90. The summed E-state index contributed by atoms with van der Waals surface area (Å²) in [6.07, 6.45) is 10.9. The number of carbonyl (C=O) groups is 2. The Morgan fingerprint density at radius 2 is 1.64 bits per heavy atom. The second-order valence-corrected chi connectivity index (χ2v) is 11.7. The van der Waals surface area contributed by atoms with Gasteiger partial charge in [-0.25, -0.2) is 0 Å². The van der Waals surface area contributed by atoms with Crippen LogP contribution in [0.1, 0.15) is 64.1 Å². The SMILES string of the molecule is CC(C)CCN1C(=O)C(C)(C)C(=O)N(C)c2cc(OCCCNC(CCc3cccnc3)c3ccncc3)ccc21.Cl.Cl.Cl. The molecule has 0 bridgehead atoms.